The van der Waals surface area contributed by atoms with Gasteiger partial charge in [0.2, 0.25) is 0 Å². The summed E-state index contributed by atoms with van der Waals surface area (Å²) in [6.07, 6.45) is 9.30. The summed E-state index contributed by atoms with van der Waals surface area (Å²) < 4.78 is 23.9. The number of benzene rings is 1. The van der Waals surface area contributed by atoms with Gasteiger partial charge in [0.1, 0.15) is 0 Å². The molecule has 0 heterocycles. The Kier molecular flexibility index (Phi) is 6.21. The minimum absolute atomic E-state index is 0.261. The maximum Gasteiger partial charge on any atom is 0.257 e. The van der Waals surface area contributed by atoms with E-state index in [4.69, 9.17) is 16.0 Å². The number of hydrogen-bond acceptors (Lipinski definition) is 3. The van der Waals surface area contributed by atoms with Crippen molar-refractivity contribution in [3.8, 4) is 11.5 Å². The van der Waals surface area contributed by atoms with Gasteiger partial charge in [-0.1, -0.05) is 0 Å². The predicted molar refractivity (Wildman–Crippen MR) is 110 cm³/mol. The van der Waals surface area contributed by atoms with Crippen molar-refractivity contribution in [3.05, 3.63) is 35.2 Å². The van der Waals surface area contributed by atoms with Crippen LogP contribution >= 0.6 is 7.14 Å². The summed E-state index contributed by atoms with van der Waals surface area (Å²) in [5, 5.41) is 0. The van der Waals surface area contributed by atoms with Crippen molar-refractivity contribution < 1.29 is 14.0 Å². The largest absolute Gasteiger partial charge is 0.493 e. The van der Waals surface area contributed by atoms with Gasteiger partial charge in [-0.05, 0) is 76.0 Å². The smallest absolute Gasteiger partial charge is 0.257 e. The molecule has 0 saturated heterocycles. The third-order valence-electron chi connectivity index (χ3n) is 6.14. The highest BCUT2D eigenvalue weighted by atomic mass is 31.2. The first-order valence-corrected chi connectivity index (χ1v) is 12.9. The van der Waals surface area contributed by atoms with Crippen LogP contribution in [0, 0.1) is 12.5 Å². The first-order valence-electron chi connectivity index (χ1n) is 10.1. The molecule has 0 aromatic heterocycles. The second kappa shape index (κ2) is 8.27. The lowest BCUT2D eigenvalue weighted by Gasteiger charge is -2.32. The topological polar surface area (TPSA) is 39.9 Å². The fourth-order valence-corrected chi connectivity index (χ4v) is 6.28. The molecule has 0 aliphatic heterocycles. The maximum absolute atomic E-state index is 12.2. The zero-order valence-corrected chi connectivity index (χ0v) is 17.8. The van der Waals surface area contributed by atoms with Crippen molar-refractivity contribution in [2.75, 3.05) is 26.6 Å². The quantitative estimate of drug-likeness (QED) is 0.446. The number of nitrogens with zero attached hydrogens (tertiary/aromatic N) is 1. The third kappa shape index (κ3) is 4.88. The highest BCUT2D eigenvalue weighted by Crippen LogP contribution is 2.49. The summed E-state index contributed by atoms with van der Waals surface area (Å²) in [5.74, 6) is 2.00. The van der Waals surface area contributed by atoms with Crippen LogP contribution in [0.4, 0.5) is 0 Å². The van der Waals surface area contributed by atoms with Gasteiger partial charge in [0, 0.05) is 24.6 Å². The Labute approximate surface area is 163 Å². The SMILES string of the molecule is [C-]#[N+]C1(c2ccc(OC)c(OC3CCCC3)c2)CCC(CP(C)(C)=O)CC1. The van der Waals surface area contributed by atoms with E-state index in [0.717, 1.165) is 61.7 Å². The normalized spacial score (nSPS) is 26.5. The van der Waals surface area contributed by atoms with Crippen molar-refractivity contribution in [2.45, 2.75) is 63.0 Å². The average Bonchev–Trinajstić information content (AvgIpc) is 3.14. The molecule has 0 spiro atoms. The second-order valence-corrected chi connectivity index (χ2v) is 12.2. The minimum Gasteiger partial charge on any atom is -0.493 e. The third-order valence-corrected chi connectivity index (χ3v) is 7.54. The molecule has 0 unspecified atom stereocenters. The van der Waals surface area contributed by atoms with Gasteiger partial charge in [-0.3, -0.25) is 0 Å². The zero-order valence-electron chi connectivity index (χ0n) is 16.9. The molecule has 0 N–H and O–H groups in total. The van der Waals surface area contributed by atoms with E-state index in [0.29, 0.717) is 5.92 Å². The summed E-state index contributed by atoms with van der Waals surface area (Å²) >= 11 is 0. The molecule has 5 heteroatoms. The zero-order chi connectivity index (χ0) is 19.5. The van der Waals surface area contributed by atoms with Crippen LogP contribution in [0.5, 0.6) is 11.5 Å². The molecule has 1 aromatic carbocycles. The van der Waals surface area contributed by atoms with Gasteiger partial charge in [0.15, 0.2) is 11.5 Å². The molecular weight excluding hydrogens is 357 g/mol. The lowest BCUT2D eigenvalue weighted by Crippen LogP contribution is -2.29. The molecule has 27 heavy (non-hydrogen) atoms. The highest BCUT2D eigenvalue weighted by Gasteiger charge is 2.43. The molecule has 0 atom stereocenters. The first-order chi connectivity index (χ1) is 12.8. The van der Waals surface area contributed by atoms with Crippen molar-refractivity contribution in [3.63, 3.8) is 0 Å². The van der Waals surface area contributed by atoms with Gasteiger partial charge in [-0.25, -0.2) is 6.57 Å². The lowest BCUT2D eigenvalue weighted by atomic mass is 9.73. The second-order valence-electron chi connectivity index (χ2n) is 8.73. The predicted octanol–water partition coefficient (Wildman–Crippen LogP) is 5.94. The minimum atomic E-state index is -2.01. The molecule has 148 valence electrons. The number of rotatable bonds is 6. The molecule has 3 rings (SSSR count). The first kappa shape index (κ1) is 20.3. The summed E-state index contributed by atoms with van der Waals surface area (Å²) in [4.78, 5) is 4.09. The molecule has 0 amide bonds. The van der Waals surface area contributed by atoms with Crippen molar-refractivity contribution in [1.82, 2.24) is 0 Å². The maximum atomic E-state index is 12.2. The molecule has 4 nitrogen and oxygen atoms in total. The Morgan fingerprint density at radius 1 is 1.15 bits per heavy atom. The van der Waals surface area contributed by atoms with Crippen LogP contribution in [0.1, 0.15) is 56.9 Å². The van der Waals surface area contributed by atoms with Gasteiger partial charge in [0.05, 0.1) is 20.4 Å². The van der Waals surface area contributed by atoms with E-state index in [1.165, 1.54) is 12.8 Å². The molecule has 1 aromatic rings. The van der Waals surface area contributed by atoms with E-state index in [2.05, 4.69) is 4.85 Å². The van der Waals surface area contributed by atoms with Gasteiger partial charge in [-0.15, -0.1) is 0 Å². The van der Waals surface area contributed by atoms with Gasteiger partial charge < -0.3 is 18.9 Å². The number of methoxy groups -OCH3 is 1. The van der Waals surface area contributed by atoms with E-state index >= 15 is 0 Å². The van der Waals surface area contributed by atoms with Crippen LogP contribution in [0.15, 0.2) is 18.2 Å². The van der Waals surface area contributed by atoms with E-state index in [9.17, 15) is 4.57 Å². The van der Waals surface area contributed by atoms with Gasteiger partial charge in [0.25, 0.3) is 5.54 Å². The molecule has 2 aliphatic rings. The van der Waals surface area contributed by atoms with Gasteiger partial charge in [-0.2, -0.15) is 0 Å². The van der Waals surface area contributed by atoms with Crippen LogP contribution in [0.3, 0.4) is 0 Å². The van der Waals surface area contributed by atoms with E-state index < -0.39 is 12.7 Å². The monoisotopic (exact) mass is 389 g/mol. The Balaban J connectivity index is 1.79. The molecule has 2 saturated carbocycles. The standard InChI is InChI=1S/C22H32NO3P/c1-23-22(13-11-17(12-14-22)16-27(3,4)24)18-9-10-20(25-2)21(15-18)26-19-7-5-6-8-19/h9-10,15,17,19H,5-8,11-14,16H2,2-4H3. The van der Waals surface area contributed by atoms with E-state index in [-0.39, 0.29) is 6.10 Å². The van der Waals surface area contributed by atoms with E-state index in [1.807, 2.05) is 31.5 Å². The van der Waals surface area contributed by atoms with Crippen LogP contribution in [-0.2, 0) is 10.1 Å². The molecule has 2 aliphatic carbocycles. The van der Waals surface area contributed by atoms with Crippen LogP contribution in [-0.4, -0.2) is 32.7 Å². The molecule has 0 radical (unpaired) electrons. The van der Waals surface area contributed by atoms with Gasteiger partial charge >= 0.3 is 0 Å². The van der Waals surface area contributed by atoms with Crippen molar-refractivity contribution in [1.29, 1.82) is 0 Å². The summed E-state index contributed by atoms with van der Waals surface area (Å²) in [5.41, 5.74) is 0.558. The van der Waals surface area contributed by atoms with Crippen molar-refractivity contribution in [2.24, 2.45) is 5.92 Å². The van der Waals surface area contributed by atoms with Crippen LogP contribution in [0.2, 0.25) is 0 Å². The Morgan fingerprint density at radius 3 is 2.37 bits per heavy atom. The number of hydrogen-bond donors (Lipinski definition) is 0. The Bertz CT molecular complexity index is 734. The van der Waals surface area contributed by atoms with Crippen molar-refractivity contribution >= 4 is 7.14 Å². The average molecular weight is 389 g/mol. The van der Waals surface area contributed by atoms with Crippen LogP contribution < -0.4 is 9.47 Å². The molecular formula is C22H32NO3P. The molecule has 0 bridgehead atoms. The number of ether oxygens (including phenoxy) is 2. The fourth-order valence-electron chi connectivity index (χ4n) is 4.67. The Hall–Kier alpha value is -1.46. The summed E-state index contributed by atoms with van der Waals surface area (Å²) in [6.45, 7) is 11.7. The summed E-state index contributed by atoms with van der Waals surface area (Å²) in [6, 6.07) is 6.02. The summed E-state index contributed by atoms with van der Waals surface area (Å²) in [7, 11) is -0.339. The lowest BCUT2D eigenvalue weighted by molar-refractivity contribution is 0.199. The van der Waals surface area contributed by atoms with E-state index in [1.54, 1.807) is 7.11 Å². The molecule has 2 fully saturated rings. The Morgan fingerprint density at radius 2 is 1.81 bits per heavy atom. The fraction of sp³-hybridized carbons (Fsp3) is 0.682. The van der Waals surface area contributed by atoms with Crippen LogP contribution in [0.25, 0.3) is 4.85 Å². The highest BCUT2D eigenvalue weighted by molar-refractivity contribution is 7.62.